The van der Waals surface area contributed by atoms with Crippen molar-refractivity contribution in [3.8, 4) is 0 Å². The minimum Gasteiger partial charge on any atom is -0.423 e. The Balaban J connectivity index is 1.53. The second kappa shape index (κ2) is 6.29. The molecule has 130 valence electrons. The fraction of sp³-hybridized carbons (Fsp3) is 0.412. The van der Waals surface area contributed by atoms with Crippen LogP contribution in [0.15, 0.2) is 35.0 Å². The number of nitrogens with zero attached hydrogens (tertiary/aromatic N) is 5. The number of morpholine rings is 1. The van der Waals surface area contributed by atoms with E-state index in [0.717, 1.165) is 11.0 Å². The van der Waals surface area contributed by atoms with Crippen LogP contribution in [-0.4, -0.2) is 50.3 Å². The lowest BCUT2D eigenvalue weighted by molar-refractivity contribution is -0.142. The van der Waals surface area contributed by atoms with E-state index >= 15 is 0 Å². The van der Waals surface area contributed by atoms with Crippen molar-refractivity contribution in [1.29, 1.82) is 0 Å². The first-order valence-corrected chi connectivity index (χ1v) is 8.25. The summed E-state index contributed by atoms with van der Waals surface area (Å²) in [5.74, 6) is 0.920. The van der Waals surface area contributed by atoms with Crippen LogP contribution in [0.2, 0.25) is 0 Å². The highest BCUT2D eigenvalue weighted by Gasteiger charge is 2.31. The highest BCUT2D eigenvalue weighted by molar-refractivity contribution is 5.83. The lowest BCUT2D eigenvalue weighted by Crippen LogP contribution is -2.44. The van der Waals surface area contributed by atoms with Crippen molar-refractivity contribution in [2.45, 2.75) is 26.0 Å². The number of aryl methyl sites for hydroxylation is 1. The van der Waals surface area contributed by atoms with Gasteiger partial charge in [0, 0.05) is 13.5 Å². The monoisotopic (exact) mass is 341 g/mol. The normalized spacial score (nSPS) is 19.3. The van der Waals surface area contributed by atoms with E-state index in [1.54, 1.807) is 18.2 Å². The largest absolute Gasteiger partial charge is 0.423 e. The lowest BCUT2D eigenvalue weighted by atomic mass is 10.2. The fourth-order valence-corrected chi connectivity index (χ4v) is 3.11. The van der Waals surface area contributed by atoms with Gasteiger partial charge in [0.2, 0.25) is 17.7 Å². The number of rotatable bonds is 3. The van der Waals surface area contributed by atoms with Gasteiger partial charge in [0.05, 0.1) is 30.5 Å². The molecular weight excluding hydrogens is 322 g/mol. The zero-order chi connectivity index (χ0) is 17.4. The summed E-state index contributed by atoms with van der Waals surface area (Å²) >= 11 is 0. The van der Waals surface area contributed by atoms with Gasteiger partial charge in [-0.1, -0.05) is 12.1 Å². The smallest absolute Gasteiger partial charge is 0.246 e. The van der Waals surface area contributed by atoms with Crippen LogP contribution in [0.5, 0.6) is 0 Å². The molecule has 1 fully saturated rings. The van der Waals surface area contributed by atoms with Gasteiger partial charge in [-0.05, 0) is 19.1 Å². The summed E-state index contributed by atoms with van der Waals surface area (Å²) in [5, 5.41) is 7.83. The van der Waals surface area contributed by atoms with E-state index in [1.807, 2.05) is 35.8 Å². The van der Waals surface area contributed by atoms with Gasteiger partial charge < -0.3 is 18.6 Å². The van der Waals surface area contributed by atoms with E-state index in [4.69, 9.17) is 9.15 Å². The molecule has 0 bridgehead atoms. The maximum absolute atomic E-state index is 13.0. The van der Waals surface area contributed by atoms with E-state index in [2.05, 4.69) is 15.2 Å². The van der Waals surface area contributed by atoms with E-state index < -0.39 is 0 Å². The summed E-state index contributed by atoms with van der Waals surface area (Å²) < 4.78 is 13.0. The topological polar surface area (TPSA) is 86.3 Å². The molecule has 25 heavy (non-hydrogen) atoms. The van der Waals surface area contributed by atoms with Gasteiger partial charge in [0.15, 0.2) is 6.10 Å². The van der Waals surface area contributed by atoms with E-state index in [1.165, 1.54) is 0 Å². The average molecular weight is 341 g/mol. The molecule has 1 amide bonds. The van der Waals surface area contributed by atoms with Gasteiger partial charge in [0.1, 0.15) is 6.04 Å². The van der Waals surface area contributed by atoms with Crippen LogP contribution in [0, 0.1) is 6.92 Å². The molecule has 0 aliphatic carbocycles. The van der Waals surface area contributed by atoms with Gasteiger partial charge in [-0.15, -0.1) is 10.2 Å². The predicted octanol–water partition coefficient (Wildman–Crippen LogP) is 1.89. The van der Waals surface area contributed by atoms with Gasteiger partial charge in [0.25, 0.3) is 0 Å². The Labute approximate surface area is 144 Å². The highest BCUT2D eigenvalue weighted by Crippen LogP contribution is 2.24. The number of carbonyl (C=O) groups is 1. The van der Waals surface area contributed by atoms with E-state index in [9.17, 15) is 4.79 Å². The van der Waals surface area contributed by atoms with Crippen molar-refractivity contribution in [2.24, 2.45) is 0 Å². The molecule has 1 saturated heterocycles. The molecule has 4 rings (SSSR count). The van der Waals surface area contributed by atoms with Crippen LogP contribution in [-0.2, 0) is 9.53 Å². The highest BCUT2D eigenvalue weighted by atomic mass is 16.5. The molecule has 0 radical (unpaired) electrons. The van der Waals surface area contributed by atoms with Crippen LogP contribution in [0.1, 0.15) is 30.9 Å². The quantitative estimate of drug-likeness (QED) is 0.723. The zero-order valence-corrected chi connectivity index (χ0v) is 14.1. The zero-order valence-electron chi connectivity index (χ0n) is 14.1. The molecule has 0 unspecified atom stereocenters. The minimum absolute atomic E-state index is 0.0210. The number of aromatic nitrogens is 4. The molecule has 2 aromatic heterocycles. The molecule has 0 spiro atoms. The number of para-hydroxylation sites is 2. The van der Waals surface area contributed by atoms with Crippen LogP contribution in [0.25, 0.3) is 11.0 Å². The van der Waals surface area contributed by atoms with Gasteiger partial charge >= 0.3 is 0 Å². The standard InChI is InChI=1S/C17H19N5O3/c1-11(22-10-18-13-5-3-4-6-14(13)22)17(23)21-7-8-24-15(9-21)16-20-19-12(2)25-16/h3-6,10-11,15H,7-9H2,1-2H3/t11-,15+/m1/s1. The summed E-state index contributed by atoms with van der Waals surface area (Å²) in [4.78, 5) is 19.1. The third-order valence-electron chi connectivity index (χ3n) is 4.45. The molecule has 8 nitrogen and oxygen atoms in total. The second-order valence-electron chi connectivity index (χ2n) is 6.12. The molecule has 1 aliphatic rings. The maximum atomic E-state index is 13.0. The Hall–Kier alpha value is -2.74. The number of fused-ring (bicyclic) bond motifs is 1. The van der Waals surface area contributed by atoms with Gasteiger partial charge in [-0.2, -0.15) is 0 Å². The Kier molecular flexibility index (Phi) is 3.96. The first-order valence-electron chi connectivity index (χ1n) is 8.25. The lowest BCUT2D eigenvalue weighted by Gasteiger charge is -2.33. The minimum atomic E-state index is -0.384. The Bertz CT molecular complexity index is 902. The molecule has 3 heterocycles. The summed E-state index contributed by atoms with van der Waals surface area (Å²) in [6.45, 7) is 5.00. The Morgan fingerprint density at radius 2 is 2.16 bits per heavy atom. The van der Waals surface area contributed by atoms with Gasteiger partial charge in [-0.25, -0.2) is 4.98 Å². The Morgan fingerprint density at radius 1 is 1.32 bits per heavy atom. The fourth-order valence-electron chi connectivity index (χ4n) is 3.11. The number of amides is 1. The first-order chi connectivity index (χ1) is 12.1. The summed E-state index contributed by atoms with van der Waals surface area (Å²) in [6, 6.07) is 7.43. The van der Waals surface area contributed by atoms with Crippen molar-refractivity contribution < 1.29 is 13.9 Å². The number of hydrogen-bond donors (Lipinski definition) is 0. The molecule has 2 atom stereocenters. The van der Waals surface area contributed by atoms with E-state index in [0.29, 0.717) is 31.5 Å². The number of carbonyl (C=O) groups excluding carboxylic acids is 1. The van der Waals surface area contributed by atoms with Crippen LogP contribution in [0.4, 0.5) is 0 Å². The first kappa shape index (κ1) is 15.8. The van der Waals surface area contributed by atoms with Crippen molar-refractivity contribution in [1.82, 2.24) is 24.6 Å². The SMILES string of the molecule is Cc1nnc([C@@H]2CN(C(=O)[C@@H](C)n3cnc4ccccc43)CCO2)o1. The van der Waals surface area contributed by atoms with Crippen molar-refractivity contribution in [2.75, 3.05) is 19.7 Å². The molecule has 8 heteroatoms. The van der Waals surface area contributed by atoms with Gasteiger partial charge in [-0.3, -0.25) is 4.79 Å². The van der Waals surface area contributed by atoms with E-state index in [-0.39, 0.29) is 18.1 Å². The predicted molar refractivity (Wildman–Crippen MR) is 88.8 cm³/mol. The molecule has 1 aromatic carbocycles. The summed E-state index contributed by atoms with van der Waals surface area (Å²) in [6.07, 6.45) is 1.33. The maximum Gasteiger partial charge on any atom is 0.246 e. The molecule has 1 aliphatic heterocycles. The van der Waals surface area contributed by atoms with Crippen LogP contribution >= 0.6 is 0 Å². The number of imidazole rings is 1. The van der Waals surface area contributed by atoms with Crippen molar-refractivity contribution in [3.05, 3.63) is 42.4 Å². The number of hydrogen-bond acceptors (Lipinski definition) is 6. The molecular formula is C17H19N5O3. The summed E-state index contributed by atoms with van der Waals surface area (Å²) in [7, 11) is 0. The summed E-state index contributed by atoms with van der Waals surface area (Å²) in [5.41, 5.74) is 1.82. The third-order valence-corrected chi connectivity index (χ3v) is 4.45. The number of benzene rings is 1. The molecule has 0 N–H and O–H groups in total. The third kappa shape index (κ3) is 2.89. The molecule has 0 saturated carbocycles. The number of ether oxygens (including phenoxy) is 1. The average Bonchev–Trinajstić information content (AvgIpc) is 3.27. The van der Waals surface area contributed by atoms with Crippen molar-refractivity contribution in [3.63, 3.8) is 0 Å². The second-order valence-corrected chi connectivity index (χ2v) is 6.12. The Morgan fingerprint density at radius 3 is 2.96 bits per heavy atom. The molecule has 3 aromatic rings. The van der Waals surface area contributed by atoms with Crippen LogP contribution in [0.3, 0.4) is 0 Å². The van der Waals surface area contributed by atoms with Crippen LogP contribution < -0.4 is 0 Å². The van der Waals surface area contributed by atoms with Crippen molar-refractivity contribution >= 4 is 16.9 Å².